The van der Waals surface area contributed by atoms with Gasteiger partial charge < -0.3 is 16.0 Å². The maximum atomic E-state index is 12.3. The highest BCUT2D eigenvalue weighted by atomic mass is 16.2. The van der Waals surface area contributed by atoms with Gasteiger partial charge in [-0.3, -0.25) is 9.59 Å². The number of rotatable bonds is 4. The Morgan fingerprint density at radius 1 is 1.25 bits per heavy atom. The number of benzene rings is 1. The minimum Gasteiger partial charge on any atom is -0.384 e. The summed E-state index contributed by atoms with van der Waals surface area (Å²) in [7, 11) is 0. The highest BCUT2D eigenvalue weighted by Crippen LogP contribution is 2.27. The van der Waals surface area contributed by atoms with E-state index < -0.39 is 0 Å². The first-order valence-corrected chi connectivity index (χ1v) is 7.75. The molecule has 0 aliphatic carbocycles. The van der Waals surface area contributed by atoms with Crippen molar-refractivity contribution in [2.45, 2.75) is 19.4 Å². The molecule has 122 valence electrons. The number of nitrogens with zero attached hydrogens (tertiary/aromatic N) is 2. The van der Waals surface area contributed by atoms with Crippen LogP contribution in [-0.2, 0) is 16.1 Å². The van der Waals surface area contributed by atoms with Crippen molar-refractivity contribution >= 4 is 23.3 Å². The van der Waals surface area contributed by atoms with Crippen molar-refractivity contribution in [1.29, 1.82) is 0 Å². The average molecular weight is 322 g/mol. The number of nitrogens with one attached hydrogen (secondary N) is 1. The number of anilines is 2. The molecule has 1 aromatic heterocycles. The first kappa shape index (κ1) is 16.0. The van der Waals surface area contributed by atoms with Crippen LogP contribution >= 0.6 is 0 Å². The van der Waals surface area contributed by atoms with Crippen molar-refractivity contribution in [3.05, 3.63) is 60.1 Å². The highest BCUT2D eigenvalue weighted by molar-refractivity contribution is 6.00. The molecule has 0 unspecified atom stereocenters. The Hall–Kier alpha value is -2.89. The van der Waals surface area contributed by atoms with Crippen LogP contribution in [0.25, 0.3) is 0 Å². The molecule has 2 radical (unpaired) electrons. The number of para-hydroxylation sites is 1. The van der Waals surface area contributed by atoms with Crippen molar-refractivity contribution < 1.29 is 9.59 Å². The second kappa shape index (κ2) is 7.12. The van der Waals surface area contributed by atoms with E-state index in [0.29, 0.717) is 24.4 Å². The standard InChI is InChI=1S/C18H18N4O2/c19-16-9-4-7-14(21-16)11-20-17(23)12-22-15-8-2-1-5-13(15)6-3-10-18(22)24/h1-2,4-5,7-9H,3,10-12H2,(H2,19,21)(H,20,23). The van der Waals surface area contributed by atoms with E-state index in [0.717, 1.165) is 11.3 Å². The minimum atomic E-state index is -0.246. The predicted octanol–water partition coefficient (Wildman–Crippen LogP) is 1.54. The highest BCUT2D eigenvalue weighted by Gasteiger charge is 2.24. The number of nitrogen functional groups attached to an aromatic ring is 1. The van der Waals surface area contributed by atoms with Gasteiger partial charge in [0.15, 0.2) is 0 Å². The summed E-state index contributed by atoms with van der Waals surface area (Å²) in [6.07, 6.45) is 4.11. The number of carbonyl (C=O) groups excluding carboxylic acids is 2. The first-order valence-electron chi connectivity index (χ1n) is 7.75. The molecule has 6 heteroatoms. The molecule has 0 fully saturated rings. The molecular formula is C18H18N4O2. The zero-order valence-corrected chi connectivity index (χ0v) is 13.2. The molecule has 0 atom stereocenters. The van der Waals surface area contributed by atoms with Gasteiger partial charge in [-0.05, 0) is 30.2 Å². The topological polar surface area (TPSA) is 88.3 Å². The van der Waals surface area contributed by atoms with Crippen LogP contribution in [-0.4, -0.2) is 23.3 Å². The van der Waals surface area contributed by atoms with E-state index in [2.05, 4.69) is 16.7 Å². The quantitative estimate of drug-likeness (QED) is 0.893. The third-order valence-corrected chi connectivity index (χ3v) is 3.75. The summed E-state index contributed by atoms with van der Waals surface area (Å²) >= 11 is 0. The van der Waals surface area contributed by atoms with Crippen LogP contribution in [0.15, 0.2) is 42.5 Å². The Balaban J connectivity index is 1.68. The van der Waals surface area contributed by atoms with Gasteiger partial charge in [0.1, 0.15) is 12.4 Å². The summed E-state index contributed by atoms with van der Waals surface area (Å²) in [4.78, 5) is 30.2. The third-order valence-electron chi connectivity index (χ3n) is 3.75. The van der Waals surface area contributed by atoms with Gasteiger partial charge in [-0.2, -0.15) is 0 Å². The molecule has 1 aliphatic heterocycles. The lowest BCUT2D eigenvalue weighted by Gasteiger charge is -2.22. The van der Waals surface area contributed by atoms with Gasteiger partial charge in [-0.25, -0.2) is 4.98 Å². The minimum absolute atomic E-state index is 0.0279. The largest absolute Gasteiger partial charge is 0.384 e. The number of nitrogens with two attached hydrogens (primary N) is 1. The predicted molar refractivity (Wildman–Crippen MR) is 90.9 cm³/mol. The van der Waals surface area contributed by atoms with Crippen LogP contribution in [0.4, 0.5) is 11.5 Å². The van der Waals surface area contributed by atoms with E-state index in [-0.39, 0.29) is 24.9 Å². The molecule has 2 heterocycles. The van der Waals surface area contributed by atoms with Gasteiger partial charge >= 0.3 is 0 Å². The van der Waals surface area contributed by atoms with Crippen LogP contribution in [0.2, 0.25) is 0 Å². The number of aromatic nitrogens is 1. The molecule has 3 rings (SSSR count). The molecule has 0 spiro atoms. The van der Waals surface area contributed by atoms with E-state index in [4.69, 9.17) is 5.73 Å². The summed E-state index contributed by atoms with van der Waals surface area (Å²) in [6.45, 7) is 0.242. The van der Waals surface area contributed by atoms with Gasteiger partial charge in [-0.1, -0.05) is 24.3 Å². The first-order chi connectivity index (χ1) is 11.6. The van der Waals surface area contributed by atoms with Crippen molar-refractivity contribution in [1.82, 2.24) is 10.3 Å². The third kappa shape index (κ3) is 3.71. The number of fused-ring (bicyclic) bond motifs is 1. The fourth-order valence-corrected chi connectivity index (χ4v) is 2.59. The average Bonchev–Trinajstić information content (AvgIpc) is 2.73. The van der Waals surface area contributed by atoms with E-state index in [1.54, 1.807) is 18.2 Å². The zero-order valence-electron chi connectivity index (χ0n) is 13.2. The molecule has 1 aliphatic rings. The molecule has 0 saturated heterocycles. The van der Waals surface area contributed by atoms with Gasteiger partial charge in [0, 0.05) is 18.5 Å². The number of amides is 2. The Labute approximate surface area is 140 Å². The molecule has 2 amide bonds. The van der Waals surface area contributed by atoms with E-state index in [1.807, 2.05) is 24.3 Å². The van der Waals surface area contributed by atoms with Crippen molar-refractivity contribution in [2.24, 2.45) is 0 Å². The van der Waals surface area contributed by atoms with E-state index in [9.17, 15) is 9.59 Å². The Morgan fingerprint density at radius 3 is 2.92 bits per heavy atom. The monoisotopic (exact) mass is 322 g/mol. The van der Waals surface area contributed by atoms with E-state index in [1.165, 1.54) is 4.90 Å². The zero-order chi connectivity index (χ0) is 16.9. The molecule has 24 heavy (non-hydrogen) atoms. The second-order valence-electron chi connectivity index (χ2n) is 5.50. The molecule has 1 aromatic carbocycles. The smallest absolute Gasteiger partial charge is 0.240 e. The summed E-state index contributed by atoms with van der Waals surface area (Å²) < 4.78 is 0. The van der Waals surface area contributed by atoms with Crippen LogP contribution in [0.1, 0.15) is 24.1 Å². The number of carbonyl (C=O) groups is 2. The molecule has 6 nitrogen and oxygen atoms in total. The van der Waals surface area contributed by atoms with Crippen molar-refractivity contribution in [2.75, 3.05) is 17.2 Å². The lowest BCUT2D eigenvalue weighted by molar-refractivity contribution is -0.123. The summed E-state index contributed by atoms with van der Waals surface area (Å²) in [5, 5.41) is 2.77. The Kier molecular flexibility index (Phi) is 4.74. The molecule has 0 saturated carbocycles. The Morgan fingerprint density at radius 2 is 2.08 bits per heavy atom. The molecular weight excluding hydrogens is 304 g/mol. The van der Waals surface area contributed by atoms with Gasteiger partial charge in [0.25, 0.3) is 0 Å². The summed E-state index contributed by atoms with van der Waals surface area (Å²) in [6, 6.07) is 12.7. The SMILES string of the molecule is Nc1cccc(CNC(=O)CN2C(=O)CC[C]c3ccccc32)n1. The normalized spacial score (nSPS) is 14.0. The van der Waals surface area contributed by atoms with Crippen molar-refractivity contribution in [3.63, 3.8) is 0 Å². The van der Waals surface area contributed by atoms with Crippen molar-refractivity contribution in [3.8, 4) is 0 Å². The number of hydrogen-bond donors (Lipinski definition) is 2. The number of hydrogen-bond acceptors (Lipinski definition) is 4. The summed E-state index contributed by atoms with van der Waals surface area (Å²) in [5.74, 6) is 0.0819. The van der Waals surface area contributed by atoms with Gasteiger partial charge in [-0.15, -0.1) is 0 Å². The fraction of sp³-hybridized carbons (Fsp3) is 0.222. The summed E-state index contributed by atoms with van der Waals surface area (Å²) in [5.41, 5.74) is 7.87. The molecule has 0 bridgehead atoms. The van der Waals surface area contributed by atoms with Crippen LogP contribution < -0.4 is 16.0 Å². The second-order valence-corrected chi connectivity index (χ2v) is 5.50. The molecule has 2 aromatic rings. The van der Waals surface area contributed by atoms with Crippen LogP contribution in [0, 0.1) is 6.42 Å². The lowest BCUT2D eigenvalue weighted by atomic mass is 10.1. The lowest BCUT2D eigenvalue weighted by Crippen LogP contribution is -2.40. The number of pyridine rings is 1. The molecule has 3 N–H and O–H groups in total. The maximum absolute atomic E-state index is 12.3. The van der Waals surface area contributed by atoms with Crippen LogP contribution in [0.5, 0.6) is 0 Å². The van der Waals surface area contributed by atoms with Crippen LogP contribution in [0.3, 0.4) is 0 Å². The Bertz CT molecular complexity index is 760. The van der Waals surface area contributed by atoms with Gasteiger partial charge in [0.05, 0.1) is 12.2 Å². The van der Waals surface area contributed by atoms with E-state index >= 15 is 0 Å². The fourth-order valence-electron chi connectivity index (χ4n) is 2.59. The van der Waals surface area contributed by atoms with Gasteiger partial charge in [0.2, 0.25) is 11.8 Å². The maximum Gasteiger partial charge on any atom is 0.240 e.